The minimum Gasteiger partial charge on any atom is -0.378 e. The van der Waals surface area contributed by atoms with Crippen LogP contribution in [0.1, 0.15) is 32.4 Å². The van der Waals surface area contributed by atoms with Crippen molar-refractivity contribution >= 4 is 17.5 Å². The van der Waals surface area contributed by atoms with Crippen LogP contribution in [-0.4, -0.2) is 14.9 Å². The first kappa shape index (κ1) is 16.6. The maximum Gasteiger partial charge on any atom is 0.329 e. The summed E-state index contributed by atoms with van der Waals surface area (Å²) < 4.78 is 13.1. The predicted molar refractivity (Wildman–Crippen MR) is 85.3 cm³/mol. The Morgan fingerprint density at radius 2 is 1.91 bits per heavy atom. The number of hydrogen-bond donors (Lipinski definition) is 2. The second kappa shape index (κ2) is 6.15. The highest BCUT2D eigenvalue weighted by molar-refractivity contribution is 5.53. The molecule has 1 aromatic carbocycles. The number of rotatable bonds is 4. The van der Waals surface area contributed by atoms with Crippen molar-refractivity contribution in [2.45, 2.75) is 26.8 Å². The number of nitro groups is 1. The lowest BCUT2D eigenvalue weighted by atomic mass is 9.82. The average molecular weight is 319 g/mol. The standard InChI is InChI=1S/C15H18FN5O2/c1-15(2,3)12(9-4-6-10(16)7-5-9)19-14-18-8-11(21(22)23)13(17)20-14/h4-8,12H,1-3H3,(H3,17,18,19,20). The van der Waals surface area contributed by atoms with Gasteiger partial charge in [-0.1, -0.05) is 32.9 Å². The highest BCUT2D eigenvalue weighted by atomic mass is 19.1. The molecule has 0 saturated heterocycles. The molecule has 0 bridgehead atoms. The van der Waals surface area contributed by atoms with Gasteiger partial charge in [0.2, 0.25) is 11.8 Å². The van der Waals surface area contributed by atoms with Crippen LogP contribution >= 0.6 is 0 Å². The van der Waals surface area contributed by atoms with Gasteiger partial charge < -0.3 is 11.1 Å². The first-order chi connectivity index (χ1) is 10.7. The van der Waals surface area contributed by atoms with E-state index in [-0.39, 0.29) is 34.7 Å². The van der Waals surface area contributed by atoms with E-state index in [9.17, 15) is 14.5 Å². The molecule has 8 heteroatoms. The maximum atomic E-state index is 13.1. The molecular weight excluding hydrogens is 301 g/mol. The van der Waals surface area contributed by atoms with E-state index in [1.807, 2.05) is 20.8 Å². The normalized spacial score (nSPS) is 12.7. The van der Waals surface area contributed by atoms with E-state index in [0.717, 1.165) is 11.8 Å². The molecule has 1 heterocycles. The first-order valence-corrected chi connectivity index (χ1v) is 6.97. The minimum absolute atomic E-state index is 0.178. The largest absolute Gasteiger partial charge is 0.378 e. The van der Waals surface area contributed by atoms with Gasteiger partial charge in [0, 0.05) is 0 Å². The van der Waals surface area contributed by atoms with E-state index in [2.05, 4.69) is 15.3 Å². The monoisotopic (exact) mass is 319 g/mol. The molecule has 0 aliphatic rings. The third-order valence-electron chi connectivity index (χ3n) is 3.34. The number of aromatic nitrogens is 2. The van der Waals surface area contributed by atoms with Crippen molar-refractivity contribution in [3.8, 4) is 0 Å². The average Bonchev–Trinajstić information content (AvgIpc) is 2.44. The van der Waals surface area contributed by atoms with Gasteiger partial charge in [0.25, 0.3) is 0 Å². The molecule has 1 unspecified atom stereocenters. The molecule has 0 aliphatic heterocycles. The van der Waals surface area contributed by atoms with Crippen LogP contribution in [0.3, 0.4) is 0 Å². The Morgan fingerprint density at radius 1 is 1.30 bits per heavy atom. The van der Waals surface area contributed by atoms with Crippen molar-refractivity contribution in [1.29, 1.82) is 0 Å². The number of nitrogens with two attached hydrogens (primary N) is 1. The van der Waals surface area contributed by atoms with Crippen molar-refractivity contribution < 1.29 is 9.31 Å². The van der Waals surface area contributed by atoms with Crippen LogP contribution < -0.4 is 11.1 Å². The molecule has 3 N–H and O–H groups in total. The summed E-state index contributed by atoms with van der Waals surface area (Å²) in [4.78, 5) is 18.0. The third-order valence-corrected chi connectivity index (χ3v) is 3.34. The van der Waals surface area contributed by atoms with Gasteiger partial charge in [-0.25, -0.2) is 9.37 Å². The van der Waals surface area contributed by atoms with Gasteiger partial charge in [0.1, 0.15) is 12.0 Å². The summed E-state index contributed by atoms with van der Waals surface area (Å²) in [6, 6.07) is 5.87. The number of nitrogen functional groups attached to an aromatic ring is 1. The van der Waals surface area contributed by atoms with E-state index in [1.54, 1.807) is 12.1 Å². The Balaban J connectivity index is 2.34. The van der Waals surface area contributed by atoms with Crippen molar-refractivity contribution in [1.82, 2.24) is 9.97 Å². The molecule has 1 aromatic heterocycles. The summed E-state index contributed by atoms with van der Waals surface area (Å²) in [5.41, 5.74) is 5.85. The van der Waals surface area contributed by atoms with Crippen molar-refractivity contribution in [3.63, 3.8) is 0 Å². The van der Waals surface area contributed by atoms with Crippen LogP contribution in [0, 0.1) is 21.3 Å². The Kier molecular flexibility index (Phi) is 4.44. The van der Waals surface area contributed by atoms with Gasteiger partial charge in [-0.05, 0) is 23.1 Å². The fraction of sp³-hybridized carbons (Fsp3) is 0.333. The van der Waals surface area contributed by atoms with Crippen molar-refractivity contribution in [3.05, 3.63) is 52.0 Å². The van der Waals surface area contributed by atoms with Crippen LogP contribution in [0.25, 0.3) is 0 Å². The van der Waals surface area contributed by atoms with Crippen LogP contribution in [0.5, 0.6) is 0 Å². The Hall–Kier alpha value is -2.77. The molecule has 23 heavy (non-hydrogen) atoms. The van der Waals surface area contributed by atoms with E-state index in [4.69, 9.17) is 5.73 Å². The van der Waals surface area contributed by atoms with Crippen molar-refractivity contribution in [2.75, 3.05) is 11.1 Å². The smallest absolute Gasteiger partial charge is 0.329 e. The predicted octanol–water partition coefficient (Wildman–Crippen LogP) is 3.31. The van der Waals surface area contributed by atoms with Gasteiger partial charge in [0.05, 0.1) is 11.0 Å². The Morgan fingerprint density at radius 3 is 2.39 bits per heavy atom. The summed E-state index contributed by atoms with van der Waals surface area (Å²) >= 11 is 0. The summed E-state index contributed by atoms with van der Waals surface area (Å²) in [6.45, 7) is 6.01. The zero-order valence-electron chi connectivity index (χ0n) is 13.1. The number of anilines is 2. The van der Waals surface area contributed by atoms with E-state index >= 15 is 0 Å². The number of halogens is 1. The lowest BCUT2D eigenvalue weighted by Crippen LogP contribution is -2.26. The lowest BCUT2D eigenvalue weighted by Gasteiger charge is -2.32. The first-order valence-electron chi connectivity index (χ1n) is 6.97. The highest BCUT2D eigenvalue weighted by Crippen LogP contribution is 2.35. The number of nitrogens with one attached hydrogen (secondary N) is 1. The summed E-state index contributed by atoms with van der Waals surface area (Å²) in [6.07, 6.45) is 1.06. The molecule has 0 spiro atoms. The SMILES string of the molecule is CC(C)(C)C(Nc1ncc([N+](=O)[O-])c(N)n1)c1ccc(F)cc1. The van der Waals surface area contributed by atoms with Crippen molar-refractivity contribution in [2.24, 2.45) is 5.41 Å². The molecule has 122 valence electrons. The molecule has 7 nitrogen and oxygen atoms in total. The molecule has 0 amide bonds. The van der Waals surface area contributed by atoms with Crippen LogP contribution in [0.4, 0.5) is 21.8 Å². The third kappa shape index (κ3) is 3.91. The van der Waals surface area contributed by atoms with E-state index in [0.29, 0.717) is 0 Å². The second-order valence-electron chi connectivity index (χ2n) is 6.22. The summed E-state index contributed by atoms with van der Waals surface area (Å²) in [5, 5.41) is 13.9. The maximum absolute atomic E-state index is 13.1. The Labute approximate surface area is 132 Å². The van der Waals surface area contributed by atoms with Crippen LogP contribution in [0.15, 0.2) is 30.5 Å². The zero-order valence-corrected chi connectivity index (χ0v) is 13.1. The van der Waals surface area contributed by atoms with E-state index < -0.39 is 4.92 Å². The molecule has 2 rings (SSSR count). The van der Waals surface area contributed by atoms with E-state index in [1.165, 1.54) is 12.1 Å². The van der Waals surface area contributed by atoms with Gasteiger partial charge in [-0.2, -0.15) is 4.98 Å². The molecule has 0 aliphatic carbocycles. The molecule has 0 fully saturated rings. The Bertz CT molecular complexity index is 713. The number of benzene rings is 1. The lowest BCUT2D eigenvalue weighted by molar-refractivity contribution is -0.384. The van der Waals surface area contributed by atoms with Gasteiger partial charge >= 0.3 is 5.69 Å². The molecule has 1 atom stereocenters. The molecular formula is C15H18FN5O2. The summed E-state index contributed by atoms with van der Waals surface area (Å²) in [5.74, 6) is -0.353. The van der Waals surface area contributed by atoms with Gasteiger partial charge in [-0.15, -0.1) is 0 Å². The van der Waals surface area contributed by atoms with Gasteiger partial charge in [-0.3, -0.25) is 10.1 Å². The summed E-state index contributed by atoms with van der Waals surface area (Å²) in [7, 11) is 0. The minimum atomic E-state index is -0.639. The topological polar surface area (TPSA) is 107 Å². The number of nitrogens with zero attached hydrogens (tertiary/aromatic N) is 3. The molecule has 0 radical (unpaired) electrons. The van der Waals surface area contributed by atoms with Crippen LogP contribution in [0.2, 0.25) is 0 Å². The second-order valence-corrected chi connectivity index (χ2v) is 6.22. The fourth-order valence-corrected chi connectivity index (χ4v) is 2.18. The quantitative estimate of drug-likeness (QED) is 0.661. The van der Waals surface area contributed by atoms with Gasteiger partial charge in [0.15, 0.2) is 0 Å². The fourth-order valence-electron chi connectivity index (χ4n) is 2.18. The molecule has 2 aromatic rings. The highest BCUT2D eigenvalue weighted by Gasteiger charge is 2.27. The zero-order chi connectivity index (χ0) is 17.2. The number of hydrogen-bond acceptors (Lipinski definition) is 6. The van der Waals surface area contributed by atoms with Crippen LogP contribution in [-0.2, 0) is 0 Å². The molecule has 0 saturated carbocycles.